The number of nitrogens with zero attached hydrogens (tertiary/aromatic N) is 2. The van der Waals surface area contributed by atoms with Crippen molar-refractivity contribution in [1.29, 1.82) is 0 Å². The molecule has 0 atom stereocenters. The molecule has 0 saturated heterocycles. The van der Waals surface area contributed by atoms with Crippen molar-refractivity contribution in [3.63, 3.8) is 0 Å². The number of benzene rings is 10. The summed E-state index contributed by atoms with van der Waals surface area (Å²) in [5, 5.41) is 4.98. The van der Waals surface area contributed by atoms with Crippen molar-refractivity contribution in [3.05, 3.63) is 243 Å². The van der Waals surface area contributed by atoms with Crippen LogP contribution in [0.4, 0.5) is 0 Å². The summed E-state index contributed by atoms with van der Waals surface area (Å²) in [7, 11) is 0. The van der Waals surface area contributed by atoms with Gasteiger partial charge in [0.15, 0.2) is 0 Å². The molecule has 10 aromatic carbocycles. The molecule has 0 spiro atoms. The quantitative estimate of drug-likeness (QED) is 0.152. The third-order valence-corrected chi connectivity index (χ3v) is 12.5. The van der Waals surface area contributed by atoms with Crippen molar-refractivity contribution in [2.45, 2.75) is 0 Å². The summed E-state index contributed by atoms with van der Waals surface area (Å²) in [5.74, 6) is 0. The third kappa shape index (κ3) is 5.96. The molecule has 2 heterocycles. The maximum absolute atomic E-state index is 2.44. The van der Waals surface area contributed by atoms with Gasteiger partial charge in [-0.2, -0.15) is 0 Å². The zero-order valence-corrected chi connectivity index (χ0v) is 34.0. The molecule has 0 aliphatic rings. The lowest BCUT2D eigenvalue weighted by molar-refractivity contribution is 1.13. The maximum atomic E-state index is 2.44. The highest BCUT2D eigenvalue weighted by Gasteiger charge is 2.20. The molecule has 0 saturated carbocycles. The van der Waals surface area contributed by atoms with Gasteiger partial charge >= 0.3 is 0 Å². The van der Waals surface area contributed by atoms with Crippen molar-refractivity contribution in [3.8, 4) is 67.0 Å². The summed E-state index contributed by atoms with van der Waals surface area (Å²) in [6.45, 7) is 0. The van der Waals surface area contributed by atoms with E-state index in [9.17, 15) is 0 Å². The zero-order chi connectivity index (χ0) is 41.0. The minimum Gasteiger partial charge on any atom is -0.309 e. The van der Waals surface area contributed by atoms with Gasteiger partial charge < -0.3 is 9.13 Å². The van der Waals surface area contributed by atoms with Crippen LogP contribution in [-0.4, -0.2) is 9.13 Å². The molecule has 0 bridgehead atoms. The fourth-order valence-corrected chi connectivity index (χ4v) is 9.72. The van der Waals surface area contributed by atoms with Gasteiger partial charge in [-0.25, -0.2) is 0 Å². The van der Waals surface area contributed by atoms with E-state index < -0.39 is 0 Å². The summed E-state index contributed by atoms with van der Waals surface area (Å²) in [5.41, 5.74) is 18.8. The van der Waals surface area contributed by atoms with Crippen LogP contribution in [0.2, 0.25) is 0 Å². The Hall–Kier alpha value is -8.20. The zero-order valence-electron chi connectivity index (χ0n) is 34.0. The summed E-state index contributed by atoms with van der Waals surface area (Å²) in [4.78, 5) is 0. The molecule has 0 aliphatic carbocycles. The molecule has 0 aliphatic heterocycles. The standard InChI is InChI=1S/C60H40N2/c1-4-19-41(20-5-1)47-38-54(42-21-6-2-7-22-42)60(55(39-47)43-23-8-3-9-24-43)45-26-18-25-44(35-45)46-36-48(61-56-31-14-10-27-50(56)51-28-11-15-32-57(51)61)40-49(37-46)62-58-33-16-12-29-52(58)53-30-13-17-34-59(53)62/h1-40H. The molecular formula is C60H40N2. The van der Waals surface area contributed by atoms with Crippen LogP contribution in [0.25, 0.3) is 111 Å². The lowest BCUT2D eigenvalue weighted by Crippen LogP contribution is -2.00. The van der Waals surface area contributed by atoms with Crippen molar-refractivity contribution in [2.75, 3.05) is 0 Å². The van der Waals surface area contributed by atoms with Crippen LogP contribution >= 0.6 is 0 Å². The first-order valence-electron chi connectivity index (χ1n) is 21.3. The molecule has 2 aromatic heterocycles. The number of fused-ring (bicyclic) bond motifs is 6. The summed E-state index contributed by atoms with van der Waals surface area (Å²) in [6, 6.07) is 88.7. The third-order valence-electron chi connectivity index (χ3n) is 12.5. The van der Waals surface area contributed by atoms with Crippen LogP contribution in [0, 0.1) is 0 Å². The average molecular weight is 789 g/mol. The van der Waals surface area contributed by atoms with Crippen LogP contribution in [0.5, 0.6) is 0 Å². The van der Waals surface area contributed by atoms with Gasteiger partial charge in [0.05, 0.1) is 22.1 Å². The summed E-state index contributed by atoms with van der Waals surface area (Å²) in [6.07, 6.45) is 0. The van der Waals surface area contributed by atoms with Crippen LogP contribution in [0.15, 0.2) is 243 Å². The average Bonchev–Trinajstić information content (AvgIpc) is 3.87. The Morgan fingerprint density at radius 3 is 0.984 bits per heavy atom. The predicted molar refractivity (Wildman–Crippen MR) is 262 cm³/mol. The van der Waals surface area contributed by atoms with Gasteiger partial charge in [-0.05, 0) is 116 Å². The summed E-state index contributed by atoms with van der Waals surface area (Å²) >= 11 is 0. The molecule has 62 heavy (non-hydrogen) atoms. The molecule has 12 rings (SSSR count). The van der Waals surface area contributed by atoms with E-state index >= 15 is 0 Å². The summed E-state index contributed by atoms with van der Waals surface area (Å²) < 4.78 is 4.89. The van der Waals surface area contributed by atoms with E-state index in [2.05, 4.69) is 252 Å². The Labute approximate surface area is 360 Å². The van der Waals surface area contributed by atoms with Crippen LogP contribution in [-0.2, 0) is 0 Å². The fourth-order valence-electron chi connectivity index (χ4n) is 9.72. The van der Waals surface area contributed by atoms with Crippen molar-refractivity contribution < 1.29 is 0 Å². The molecule has 12 aromatic rings. The Morgan fingerprint density at radius 2 is 0.548 bits per heavy atom. The molecule has 2 heteroatoms. The maximum Gasteiger partial charge on any atom is 0.0541 e. The van der Waals surface area contributed by atoms with Gasteiger partial charge in [0.25, 0.3) is 0 Å². The van der Waals surface area contributed by atoms with Gasteiger partial charge in [0.2, 0.25) is 0 Å². The number of hydrogen-bond acceptors (Lipinski definition) is 0. The number of aromatic nitrogens is 2. The van der Waals surface area contributed by atoms with E-state index in [-0.39, 0.29) is 0 Å². The smallest absolute Gasteiger partial charge is 0.0541 e. The number of para-hydroxylation sites is 4. The van der Waals surface area contributed by atoms with Gasteiger partial charge in [-0.1, -0.05) is 182 Å². The van der Waals surface area contributed by atoms with E-state index in [4.69, 9.17) is 0 Å². The molecule has 0 fully saturated rings. The largest absolute Gasteiger partial charge is 0.309 e. The lowest BCUT2D eigenvalue weighted by Gasteiger charge is -2.20. The van der Waals surface area contributed by atoms with Gasteiger partial charge in [0, 0.05) is 32.9 Å². The number of hydrogen-bond donors (Lipinski definition) is 0. The van der Waals surface area contributed by atoms with E-state index in [1.54, 1.807) is 0 Å². The minimum absolute atomic E-state index is 1.12. The van der Waals surface area contributed by atoms with Crippen LogP contribution in [0.1, 0.15) is 0 Å². The van der Waals surface area contributed by atoms with Gasteiger partial charge in [-0.3, -0.25) is 0 Å². The SMILES string of the molecule is c1ccc(-c2cc(-c3ccccc3)c(-c3cccc(-c4cc(-n5c6ccccc6c6ccccc65)cc(-n5c6ccccc6c6ccccc65)c4)c3)c(-c3ccccc3)c2)cc1. The molecule has 0 N–H and O–H groups in total. The molecule has 0 amide bonds. The van der Waals surface area contributed by atoms with Gasteiger partial charge in [0.1, 0.15) is 0 Å². The Morgan fingerprint density at radius 1 is 0.210 bits per heavy atom. The van der Waals surface area contributed by atoms with E-state index in [0.29, 0.717) is 0 Å². The first kappa shape index (κ1) is 35.7. The number of rotatable bonds is 7. The first-order chi connectivity index (χ1) is 30.8. The Balaban J connectivity index is 1.14. The van der Waals surface area contributed by atoms with Crippen molar-refractivity contribution in [1.82, 2.24) is 9.13 Å². The minimum atomic E-state index is 1.12. The van der Waals surface area contributed by atoms with Crippen molar-refractivity contribution >= 4 is 43.6 Å². The highest BCUT2D eigenvalue weighted by atomic mass is 15.0. The topological polar surface area (TPSA) is 9.86 Å². The highest BCUT2D eigenvalue weighted by Crippen LogP contribution is 2.45. The van der Waals surface area contributed by atoms with E-state index in [0.717, 1.165) is 22.5 Å². The lowest BCUT2D eigenvalue weighted by atomic mass is 9.84. The first-order valence-corrected chi connectivity index (χ1v) is 21.3. The van der Waals surface area contributed by atoms with Crippen LogP contribution < -0.4 is 0 Å². The predicted octanol–water partition coefficient (Wildman–Crippen LogP) is 16.2. The van der Waals surface area contributed by atoms with Crippen LogP contribution in [0.3, 0.4) is 0 Å². The molecule has 2 nitrogen and oxygen atoms in total. The van der Waals surface area contributed by atoms with Gasteiger partial charge in [-0.15, -0.1) is 0 Å². The second-order valence-electron chi connectivity index (χ2n) is 16.1. The van der Waals surface area contributed by atoms with E-state index in [1.807, 2.05) is 0 Å². The Bertz CT molecular complexity index is 3310. The molecular weight excluding hydrogens is 749 g/mol. The second kappa shape index (κ2) is 14.8. The normalized spacial score (nSPS) is 11.5. The monoisotopic (exact) mass is 788 g/mol. The molecule has 0 radical (unpaired) electrons. The molecule has 290 valence electrons. The molecule has 0 unspecified atom stereocenters. The van der Waals surface area contributed by atoms with E-state index in [1.165, 1.54) is 88.1 Å². The highest BCUT2D eigenvalue weighted by molar-refractivity contribution is 6.11. The second-order valence-corrected chi connectivity index (χ2v) is 16.1. The Kier molecular flexibility index (Phi) is 8.53. The fraction of sp³-hybridized carbons (Fsp3) is 0. The van der Waals surface area contributed by atoms with Crippen molar-refractivity contribution in [2.24, 2.45) is 0 Å².